The molecule has 1 saturated heterocycles. The van der Waals surface area contributed by atoms with Crippen molar-refractivity contribution >= 4 is 23.4 Å². The second-order valence-corrected chi connectivity index (χ2v) is 10.1. The number of hydrogen-bond acceptors (Lipinski definition) is 7. The zero-order valence-corrected chi connectivity index (χ0v) is 20.6. The quantitative estimate of drug-likeness (QED) is 0.470. The molecule has 1 amide bonds. The molecule has 2 atom stereocenters. The lowest BCUT2D eigenvalue weighted by molar-refractivity contribution is -0.115. The van der Waals surface area contributed by atoms with Gasteiger partial charge in [-0.1, -0.05) is 18.2 Å². The molecule has 35 heavy (non-hydrogen) atoms. The monoisotopic (exact) mass is 497 g/mol. The molecule has 0 spiro atoms. The van der Waals surface area contributed by atoms with Crippen molar-refractivity contribution in [1.82, 2.24) is 19.7 Å². The van der Waals surface area contributed by atoms with E-state index in [0.717, 1.165) is 37.4 Å². The number of ether oxygens (including phenoxy) is 2. The van der Waals surface area contributed by atoms with Gasteiger partial charge in [0.15, 0.2) is 22.5 Å². The van der Waals surface area contributed by atoms with Crippen LogP contribution in [0.25, 0.3) is 5.69 Å². The first-order valence-corrected chi connectivity index (χ1v) is 12.7. The van der Waals surface area contributed by atoms with Crippen LogP contribution in [0.15, 0.2) is 47.6 Å². The fraction of sp³-hybridized carbons (Fsp3) is 0.400. The number of fused-ring (bicyclic) bond motifs is 1. The fourth-order valence-electron chi connectivity index (χ4n) is 4.36. The number of benzene rings is 2. The Bertz CT molecular complexity index is 1200. The summed E-state index contributed by atoms with van der Waals surface area (Å²) in [5.74, 6) is 1.57. The maximum absolute atomic E-state index is 13.7. The van der Waals surface area contributed by atoms with Gasteiger partial charge in [-0.05, 0) is 76.2 Å². The standard InChI is InChI=1S/C25H28FN5O3S/c1-16(30-12-4-3-5-13-30)23-28-29-25(31(23)20-9-6-18(26)7-10-20)35-17(2)24(32)27-19-8-11-21-22(14-19)34-15-33-21/h6-11,14,16-17H,3-5,12-13,15H2,1-2H3,(H,27,32). The first kappa shape index (κ1) is 23.6. The van der Waals surface area contributed by atoms with E-state index in [2.05, 4.69) is 27.3 Å². The SMILES string of the molecule is CC(Sc1nnc(C(C)N2CCCCC2)n1-c1ccc(F)cc1)C(=O)Nc1ccc2c(c1)OCO2. The number of nitrogens with zero attached hydrogens (tertiary/aromatic N) is 4. The summed E-state index contributed by atoms with van der Waals surface area (Å²) >= 11 is 1.32. The lowest BCUT2D eigenvalue weighted by Gasteiger charge is -2.32. The predicted octanol–water partition coefficient (Wildman–Crippen LogP) is 4.80. The summed E-state index contributed by atoms with van der Waals surface area (Å²) in [6, 6.07) is 11.6. The van der Waals surface area contributed by atoms with Crippen molar-refractivity contribution in [1.29, 1.82) is 0 Å². The zero-order valence-electron chi connectivity index (χ0n) is 19.7. The van der Waals surface area contributed by atoms with Gasteiger partial charge in [0.2, 0.25) is 12.7 Å². The molecule has 0 bridgehead atoms. The first-order chi connectivity index (χ1) is 17.0. The molecule has 5 rings (SSSR count). The van der Waals surface area contributed by atoms with Gasteiger partial charge in [-0.25, -0.2) is 4.39 Å². The van der Waals surface area contributed by atoms with E-state index in [0.29, 0.717) is 22.3 Å². The normalized spacial score (nSPS) is 17.2. The van der Waals surface area contributed by atoms with Crippen molar-refractivity contribution in [3.63, 3.8) is 0 Å². The van der Waals surface area contributed by atoms with Gasteiger partial charge in [0, 0.05) is 17.4 Å². The average Bonchev–Trinajstić information content (AvgIpc) is 3.51. The van der Waals surface area contributed by atoms with Crippen LogP contribution in [0.2, 0.25) is 0 Å². The van der Waals surface area contributed by atoms with Crippen molar-refractivity contribution in [2.24, 2.45) is 0 Å². The number of nitrogens with one attached hydrogen (secondary N) is 1. The van der Waals surface area contributed by atoms with Crippen LogP contribution < -0.4 is 14.8 Å². The summed E-state index contributed by atoms with van der Waals surface area (Å²) in [6.07, 6.45) is 3.56. The van der Waals surface area contributed by atoms with E-state index >= 15 is 0 Å². The highest BCUT2D eigenvalue weighted by molar-refractivity contribution is 8.00. The Balaban J connectivity index is 1.37. The van der Waals surface area contributed by atoms with E-state index in [1.54, 1.807) is 30.3 Å². The van der Waals surface area contributed by atoms with Gasteiger partial charge in [-0.15, -0.1) is 10.2 Å². The van der Waals surface area contributed by atoms with Crippen LogP contribution in [-0.2, 0) is 4.79 Å². The fourth-order valence-corrected chi connectivity index (χ4v) is 5.23. The molecule has 8 nitrogen and oxygen atoms in total. The Morgan fingerprint density at radius 2 is 1.77 bits per heavy atom. The third-order valence-electron chi connectivity index (χ3n) is 6.35. The molecule has 1 aromatic heterocycles. The number of halogens is 1. The largest absolute Gasteiger partial charge is 0.454 e. The van der Waals surface area contributed by atoms with E-state index in [1.807, 2.05) is 11.5 Å². The number of hydrogen-bond donors (Lipinski definition) is 1. The molecular formula is C25H28FN5O3S. The second kappa shape index (κ2) is 10.2. The van der Waals surface area contributed by atoms with Gasteiger partial charge < -0.3 is 14.8 Å². The van der Waals surface area contributed by atoms with Crippen molar-refractivity contribution in [2.45, 2.75) is 49.6 Å². The molecule has 1 N–H and O–H groups in total. The number of piperidine rings is 1. The number of rotatable bonds is 7. The van der Waals surface area contributed by atoms with Gasteiger partial charge in [-0.2, -0.15) is 0 Å². The summed E-state index contributed by atoms with van der Waals surface area (Å²) in [7, 11) is 0. The van der Waals surface area contributed by atoms with Gasteiger partial charge in [0.05, 0.1) is 11.3 Å². The van der Waals surface area contributed by atoms with E-state index in [-0.39, 0.29) is 24.6 Å². The van der Waals surface area contributed by atoms with Crippen molar-refractivity contribution in [3.05, 3.63) is 54.1 Å². The number of likely N-dealkylation sites (tertiary alicyclic amines) is 1. The summed E-state index contributed by atoms with van der Waals surface area (Å²) < 4.78 is 26.3. The van der Waals surface area contributed by atoms with Crippen molar-refractivity contribution in [3.8, 4) is 17.2 Å². The van der Waals surface area contributed by atoms with Crippen LogP contribution >= 0.6 is 11.8 Å². The topological polar surface area (TPSA) is 81.5 Å². The molecule has 0 aliphatic carbocycles. The molecule has 2 aliphatic heterocycles. The maximum Gasteiger partial charge on any atom is 0.237 e. The van der Waals surface area contributed by atoms with Crippen LogP contribution in [0.4, 0.5) is 10.1 Å². The van der Waals surface area contributed by atoms with E-state index in [1.165, 1.54) is 30.3 Å². The maximum atomic E-state index is 13.7. The van der Waals surface area contributed by atoms with E-state index in [4.69, 9.17) is 9.47 Å². The molecule has 0 radical (unpaired) electrons. The van der Waals surface area contributed by atoms with Crippen molar-refractivity contribution < 1.29 is 18.7 Å². The molecule has 2 unspecified atom stereocenters. The minimum absolute atomic E-state index is 0.0416. The third-order valence-corrected chi connectivity index (χ3v) is 7.39. The number of amides is 1. The van der Waals surface area contributed by atoms with E-state index < -0.39 is 5.25 Å². The minimum Gasteiger partial charge on any atom is -0.454 e. The molecule has 184 valence electrons. The molecule has 2 aromatic carbocycles. The summed E-state index contributed by atoms with van der Waals surface area (Å²) in [6.45, 7) is 6.14. The molecule has 3 heterocycles. The van der Waals surface area contributed by atoms with Crippen LogP contribution in [0.3, 0.4) is 0 Å². The number of carbonyl (C=O) groups excluding carboxylic acids is 1. The summed E-state index contributed by atoms with van der Waals surface area (Å²) in [4.78, 5) is 15.4. The summed E-state index contributed by atoms with van der Waals surface area (Å²) in [5, 5.41) is 12.0. The highest BCUT2D eigenvalue weighted by Gasteiger charge is 2.27. The second-order valence-electron chi connectivity index (χ2n) is 8.74. The Kier molecular flexibility index (Phi) is 6.92. The first-order valence-electron chi connectivity index (χ1n) is 11.8. The van der Waals surface area contributed by atoms with Crippen LogP contribution in [-0.4, -0.2) is 50.7 Å². The lowest BCUT2D eigenvalue weighted by atomic mass is 10.1. The zero-order chi connectivity index (χ0) is 24.4. The Morgan fingerprint density at radius 3 is 2.54 bits per heavy atom. The van der Waals surface area contributed by atoms with Crippen LogP contribution in [0.5, 0.6) is 11.5 Å². The number of thioether (sulfide) groups is 1. The van der Waals surface area contributed by atoms with Gasteiger partial charge in [-0.3, -0.25) is 14.3 Å². The number of aromatic nitrogens is 3. The minimum atomic E-state index is -0.457. The Labute approximate surface area is 207 Å². The van der Waals surface area contributed by atoms with Gasteiger partial charge in [0.1, 0.15) is 5.82 Å². The molecule has 0 saturated carbocycles. The molecule has 3 aromatic rings. The highest BCUT2D eigenvalue weighted by atomic mass is 32.2. The third kappa shape index (κ3) is 5.13. The predicted molar refractivity (Wildman–Crippen MR) is 132 cm³/mol. The summed E-state index contributed by atoms with van der Waals surface area (Å²) in [5.41, 5.74) is 1.40. The smallest absolute Gasteiger partial charge is 0.237 e. The molecule has 10 heteroatoms. The molecular weight excluding hydrogens is 469 g/mol. The lowest BCUT2D eigenvalue weighted by Crippen LogP contribution is -2.33. The van der Waals surface area contributed by atoms with Gasteiger partial charge in [0.25, 0.3) is 0 Å². The van der Waals surface area contributed by atoms with Crippen LogP contribution in [0.1, 0.15) is 45.0 Å². The molecule has 1 fully saturated rings. The van der Waals surface area contributed by atoms with Gasteiger partial charge >= 0.3 is 0 Å². The average molecular weight is 498 g/mol. The Hall–Kier alpha value is -3.11. The van der Waals surface area contributed by atoms with Crippen LogP contribution in [0, 0.1) is 5.82 Å². The van der Waals surface area contributed by atoms with Crippen molar-refractivity contribution in [2.75, 3.05) is 25.2 Å². The molecule has 2 aliphatic rings. The highest BCUT2D eigenvalue weighted by Crippen LogP contribution is 2.35. The number of carbonyl (C=O) groups is 1. The Morgan fingerprint density at radius 1 is 1.03 bits per heavy atom. The number of anilines is 1. The van der Waals surface area contributed by atoms with E-state index in [9.17, 15) is 9.18 Å².